The first kappa shape index (κ1) is 42.5. The lowest BCUT2D eigenvalue weighted by Crippen LogP contribution is -2.55. The van der Waals surface area contributed by atoms with Gasteiger partial charge in [-0.25, -0.2) is 19.6 Å². The monoisotopic (exact) mass is 848 g/mol. The Morgan fingerprint density at radius 1 is 0.952 bits per heavy atom. The summed E-state index contributed by atoms with van der Waals surface area (Å²) in [5, 5.41) is 14.5. The number of aromatic amines is 2. The van der Waals surface area contributed by atoms with Crippen LogP contribution in [-0.2, 0) is 25.7 Å². The van der Waals surface area contributed by atoms with Crippen LogP contribution in [0.15, 0.2) is 48.7 Å². The number of H-pyrrole nitrogens is 2. The van der Waals surface area contributed by atoms with Crippen molar-refractivity contribution in [3.05, 3.63) is 65.9 Å². The SMILES string of the molecule is CC[C@H]1CC[C@@H](c2ncc(-c3ccc4c(c3)COc3cc5c(ccc6nc([C@@H]7CC[C@H](C)N7C(=O)[C@H]([C@@H](C)OC)N(C)C(=O)O)[nH]c65)cc3-4)[nH]2)N1C(=O)[C@@H](NC(=O)OC)C(C)C. The van der Waals surface area contributed by atoms with Gasteiger partial charge in [-0.1, -0.05) is 39.0 Å². The van der Waals surface area contributed by atoms with Crippen molar-refractivity contribution in [1.29, 1.82) is 0 Å². The van der Waals surface area contributed by atoms with Gasteiger partial charge in [-0.05, 0) is 98.2 Å². The highest BCUT2D eigenvalue weighted by Crippen LogP contribution is 2.44. The van der Waals surface area contributed by atoms with Gasteiger partial charge in [-0.2, -0.15) is 0 Å². The van der Waals surface area contributed by atoms with Crippen LogP contribution in [0.3, 0.4) is 0 Å². The Balaban J connectivity index is 1.06. The summed E-state index contributed by atoms with van der Waals surface area (Å²) >= 11 is 0. The van der Waals surface area contributed by atoms with Crippen LogP contribution in [0.1, 0.15) is 96.0 Å². The van der Waals surface area contributed by atoms with Crippen molar-refractivity contribution in [3.63, 3.8) is 0 Å². The van der Waals surface area contributed by atoms with Gasteiger partial charge in [0.15, 0.2) is 0 Å². The maximum Gasteiger partial charge on any atom is 0.407 e. The summed E-state index contributed by atoms with van der Waals surface area (Å²) in [4.78, 5) is 73.8. The molecule has 4 N–H and O–H groups in total. The lowest BCUT2D eigenvalue weighted by molar-refractivity contribution is -0.143. The van der Waals surface area contributed by atoms with Crippen molar-refractivity contribution in [2.75, 3.05) is 21.3 Å². The Bertz CT molecular complexity index is 2530. The van der Waals surface area contributed by atoms with E-state index in [0.717, 1.165) is 86.1 Å². The molecule has 0 aliphatic carbocycles. The molecule has 4 amide bonds. The predicted molar refractivity (Wildman–Crippen MR) is 232 cm³/mol. The van der Waals surface area contributed by atoms with Gasteiger partial charge in [-0.3, -0.25) is 14.5 Å². The third kappa shape index (κ3) is 7.47. The van der Waals surface area contributed by atoms with Crippen LogP contribution in [0.5, 0.6) is 5.75 Å². The fourth-order valence-corrected chi connectivity index (χ4v) is 9.74. The fraction of sp³-hybridized carbons (Fsp3) is 0.478. The highest BCUT2D eigenvalue weighted by molar-refractivity contribution is 6.07. The van der Waals surface area contributed by atoms with Crippen LogP contribution in [-0.4, -0.2) is 115 Å². The number of carbonyl (C=O) groups excluding carboxylic acids is 3. The number of hydrogen-bond acceptors (Lipinski definition) is 9. The molecule has 7 atom stereocenters. The van der Waals surface area contributed by atoms with Crippen molar-refractivity contribution in [2.45, 2.75) is 116 Å². The molecular formula is C46H56N8O8. The van der Waals surface area contributed by atoms with Crippen LogP contribution in [0, 0.1) is 5.92 Å². The first-order valence-electron chi connectivity index (χ1n) is 21.5. The molecule has 5 heterocycles. The summed E-state index contributed by atoms with van der Waals surface area (Å²) in [6.45, 7) is 9.94. The number of fused-ring (bicyclic) bond motifs is 6. The number of ether oxygens (including phenoxy) is 3. The Kier molecular flexibility index (Phi) is 11.6. The number of carbonyl (C=O) groups is 4. The number of alkyl carbamates (subject to hydrolysis) is 1. The van der Waals surface area contributed by atoms with Gasteiger partial charge in [0.2, 0.25) is 11.8 Å². The van der Waals surface area contributed by atoms with E-state index in [2.05, 4.69) is 46.5 Å². The molecule has 5 aromatic rings. The standard InChI is InChI=1S/C46H56N8O8/c1-9-29-13-17-35(54(29)43(55)38(23(2)3)51-45(57)61-8)41-47-21-34(49-41)27-11-14-30-28(18-27)22-62-37-20-31-26(19-32(30)37)12-15-33-39(31)50-42(48-33)36-16-10-24(4)53(36)44(56)40(25(5)60-7)52(6)46(58)59/h11-12,14-15,18-21,23-25,29,35-36,38,40H,9-10,13,16-17,22H2,1-8H3,(H,47,49)(H,48,50)(H,51,57)(H,58,59)/t24-,25+,29-,35-,36-,38-,40-/m0/s1. The van der Waals surface area contributed by atoms with E-state index >= 15 is 0 Å². The van der Waals surface area contributed by atoms with Crippen molar-refractivity contribution in [2.24, 2.45) is 5.92 Å². The molecule has 0 radical (unpaired) electrons. The number of rotatable bonds is 11. The zero-order valence-corrected chi connectivity index (χ0v) is 36.5. The van der Waals surface area contributed by atoms with Crippen molar-refractivity contribution in [1.82, 2.24) is 40.0 Å². The number of likely N-dealkylation sites (tertiary alicyclic amines) is 2. The molecule has 0 bridgehead atoms. The Morgan fingerprint density at radius 3 is 2.42 bits per heavy atom. The van der Waals surface area contributed by atoms with E-state index in [-0.39, 0.29) is 41.9 Å². The molecule has 0 spiro atoms. The number of hydrogen-bond donors (Lipinski definition) is 4. The predicted octanol–water partition coefficient (Wildman–Crippen LogP) is 7.55. The minimum atomic E-state index is -1.20. The summed E-state index contributed by atoms with van der Waals surface area (Å²) in [6, 6.07) is 12.1. The zero-order valence-electron chi connectivity index (χ0n) is 36.5. The summed E-state index contributed by atoms with van der Waals surface area (Å²) in [6.07, 6.45) is 3.15. The average Bonchev–Trinajstić information content (AvgIpc) is 4.09. The molecule has 0 saturated carbocycles. The molecule has 3 aliphatic heterocycles. The van der Waals surface area contributed by atoms with Gasteiger partial charge in [0, 0.05) is 37.2 Å². The van der Waals surface area contributed by atoms with E-state index in [4.69, 9.17) is 24.2 Å². The summed E-state index contributed by atoms with van der Waals surface area (Å²) in [7, 11) is 4.16. The lowest BCUT2D eigenvalue weighted by Gasteiger charge is -2.36. The molecule has 2 saturated heterocycles. The van der Waals surface area contributed by atoms with E-state index in [0.29, 0.717) is 24.7 Å². The minimum Gasteiger partial charge on any atom is -0.488 e. The lowest BCUT2D eigenvalue weighted by atomic mass is 9.92. The molecule has 3 aliphatic rings. The molecule has 3 aromatic carbocycles. The van der Waals surface area contributed by atoms with Gasteiger partial charge in [0.25, 0.3) is 0 Å². The largest absolute Gasteiger partial charge is 0.488 e. The second-order valence-corrected chi connectivity index (χ2v) is 17.2. The third-order valence-corrected chi connectivity index (χ3v) is 13.2. The molecule has 2 fully saturated rings. The van der Waals surface area contributed by atoms with Crippen LogP contribution >= 0.6 is 0 Å². The van der Waals surface area contributed by atoms with E-state index in [9.17, 15) is 24.3 Å². The highest BCUT2D eigenvalue weighted by Gasteiger charge is 2.45. The highest BCUT2D eigenvalue weighted by atomic mass is 16.5. The van der Waals surface area contributed by atoms with Crippen molar-refractivity contribution >= 4 is 45.8 Å². The fourth-order valence-electron chi connectivity index (χ4n) is 9.74. The second kappa shape index (κ2) is 17.0. The molecule has 0 unspecified atom stereocenters. The number of benzene rings is 3. The van der Waals surface area contributed by atoms with Crippen molar-refractivity contribution < 1.29 is 38.5 Å². The second-order valence-electron chi connectivity index (χ2n) is 17.2. The molecule has 328 valence electrons. The number of carboxylic acid groups (broad SMARTS) is 1. The van der Waals surface area contributed by atoms with E-state index in [1.165, 1.54) is 21.3 Å². The average molecular weight is 849 g/mol. The number of aromatic nitrogens is 4. The summed E-state index contributed by atoms with van der Waals surface area (Å²) in [5.74, 6) is 1.52. The van der Waals surface area contributed by atoms with Gasteiger partial charge in [-0.15, -0.1) is 0 Å². The number of amides is 4. The minimum absolute atomic E-state index is 0.0279. The Labute approximate surface area is 360 Å². The first-order chi connectivity index (χ1) is 29.7. The van der Waals surface area contributed by atoms with Gasteiger partial charge in [0.05, 0.1) is 48.2 Å². The van der Waals surface area contributed by atoms with E-state index in [1.54, 1.807) is 11.8 Å². The number of nitrogens with zero attached hydrogens (tertiary/aromatic N) is 5. The molecule has 8 rings (SSSR count). The first-order valence-corrected chi connectivity index (χ1v) is 21.5. The molecular weight excluding hydrogens is 793 g/mol. The Morgan fingerprint density at radius 2 is 1.71 bits per heavy atom. The van der Waals surface area contributed by atoms with Gasteiger partial charge >= 0.3 is 12.2 Å². The van der Waals surface area contributed by atoms with E-state index < -0.39 is 30.4 Å². The quantitative estimate of drug-likeness (QED) is 0.103. The topological polar surface area (TPSA) is 195 Å². The Hall–Kier alpha value is -6.16. The summed E-state index contributed by atoms with van der Waals surface area (Å²) in [5.41, 5.74) is 6.45. The number of methoxy groups -OCH3 is 2. The van der Waals surface area contributed by atoms with Gasteiger partial charge in [0.1, 0.15) is 36.1 Å². The number of likely N-dealkylation sites (N-methyl/N-ethyl adjacent to an activating group) is 1. The number of nitrogens with one attached hydrogen (secondary N) is 3. The zero-order chi connectivity index (χ0) is 44.1. The molecule has 16 nitrogen and oxygen atoms in total. The van der Waals surface area contributed by atoms with Crippen LogP contribution < -0.4 is 10.1 Å². The maximum atomic E-state index is 14.1. The summed E-state index contributed by atoms with van der Waals surface area (Å²) < 4.78 is 16.7. The van der Waals surface area contributed by atoms with E-state index in [1.807, 2.05) is 50.1 Å². The number of imidazole rings is 2. The van der Waals surface area contributed by atoms with Gasteiger partial charge < -0.3 is 44.4 Å². The molecule has 16 heteroatoms. The normalized spacial score (nSPS) is 21.0. The van der Waals surface area contributed by atoms with Crippen LogP contribution in [0.4, 0.5) is 9.59 Å². The third-order valence-electron chi connectivity index (χ3n) is 13.2. The van der Waals surface area contributed by atoms with Crippen LogP contribution in [0.2, 0.25) is 0 Å². The van der Waals surface area contributed by atoms with Crippen LogP contribution in [0.25, 0.3) is 44.2 Å². The van der Waals surface area contributed by atoms with Crippen molar-refractivity contribution in [3.8, 4) is 28.1 Å². The molecule has 2 aromatic heterocycles. The maximum absolute atomic E-state index is 14.1. The molecule has 62 heavy (non-hydrogen) atoms. The smallest absolute Gasteiger partial charge is 0.407 e.